The van der Waals surface area contributed by atoms with E-state index in [0.29, 0.717) is 15.7 Å². The first-order valence-corrected chi connectivity index (χ1v) is 11.1. The van der Waals surface area contributed by atoms with E-state index in [1.807, 2.05) is 22.6 Å². The fourth-order valence-electron chi connectivity index (χ4n) is 2.27. The molecule has 0 aliphatic heterocycles. The van der Waals surface area contributed by atoms with Gasteiger partial charge in [-0.25, -0.2) is 9.59 Å². The summed E-state index contributed by atoms with van der Waals surface area (Å²) in [5.74, 6) is -4.21. The van der Waals surface area contributed by atoms with Gasteiger partial charge in [0.05, 0.1) is 4.92 Å². The van der Waals surface area contributed by atoms with Gasteiger partial charge in [0, 0.05) is 22.6 Å². The Hall–Kier alpha value is -3.25. The molecule has 0 bridgehead atoms. The van der Waals surface area contributed by atoms with E-state index >= 15 is 0 Å². The normalized spacial score (nSPS) is 11.4. The fraction of sp³-hybridized carbons (Fsp3) is 0.167. The number of hydrogen-bond acceptors (Lipinski definition) is 10. The van der Waals surface area contributed by atoms with Crippen LogP contribution in [0.2, 0.25) is 0 Å². The average Bonchev–Trinajstić information content (AvgIpc) is 2.70. The minimum atomic E-state index is -5.93. The zero-order valence-electron chi connectivity index (χ0n) is 16.7. The lowest BCUT2D eigenvalue weighted by Crippen LogP contribution is -2.34. The summed E-state index contributed by atoms with van der Waals surface area (Å²) in [6, 6.07) is 6.35. The number of nitro benzene ring substituents is 1. The van der Waals surface area contributed by atoms with Crippen molar-refractivity contribution in [3.63, 3.8) is 0 Å². The molecule has 0 aromatic heterocycles. The minimum Gasteiger partial charge on any atom is -0.454 e. The van der Waals surface area contributed by atoms with Crippen molar-refractivity contribution in [2.45, 2.75) is 12.2 Å². The maximum Gasteiger partial charge on any atom is 0.402 e. The van der Waals surface area contributed by atoms with Crippen molar-refractivity contribution in [3.8, 4) is 11.5 Å². The van der Waals surface area contributed by atoms with Crippen LogP contribution in [0.4, 0.5) is 14.5 Å². The predicted octanol–water partition coefficient (Wildman–Crippen LogP) is 2.98. The van der Waals surface area contributed by atoms with Crippen LogP contribution in [-0.2, 0) is 19.6 Å². The summed E-state index contributed by atoms with van der Waals surface area (Å²) in [6.45, 7) is -1.05. The Bertz CT molecular complexity index is 1280. The summed E-state index contributed by atoms with van der Waals surface area (Å²) in [4.78, 5) is 46.0. The summed E-state index contributed by atoms with van der Waals surface area (Å²) < 4.78 is 71.0. The molecule has 34 heavy (non-hydrogen) atoms. The van der Waals surface area contributed by atoms with E-state index in [1.54, 1.807) is 0 Å². The van der Waals surface area contributed by atoms with Crippen LogP contribution in [0.25, 0.3) is 0 Å². The summed E-state index contributed by atoms with van der Waals surface area (Å²) in [5, 5.41) is 6.30. The van der Waals surface area contributed by atoms with Gasteiger partial charge in [0.1, 0.15) is 22.6 Å². The average molecular weight is 615 g/mol. The lowest BCUT2D eigenvalue weighted by molar-refractivity contribution is -0.385. The van der Waals surface area contributed by atoms with Crippen molar-refractivity contribution < 1.29 is 55.3 Å². The Balaban J connectivity index is 2.35. The topological polar surface area (TPSA) is 176 Å². The van der Waals surface area contributed by atoms with Gasteiger partial charge in [-0.05, 0) is 46.9 Å². The smallest absolute Gasteiger partial charge is 0.402 e. The van der Waals surface area contributed by atoms with Gasteiger partial charge in [-0.1, -0.05) is 0 Å². The third kappa shape index (κ3) is 6.64. The Kier molecular flexibility index (Phi) is 8.22. The van der Waals surface area contributed by atoms with Crippen LogP contribution in [0.5, 0.6) is 11.5 Å². The van der Waals surface area contributed by atoms with E-state index in [0.717, 1.165) is 13.0 Å². The molecule has 0 unspecified atom stereocenters. The summed E-state index contributed by atoms with van der Waals surface area (Å²) in [6.07, 6.45) is 0. The molecule has 0 amide bonds. The van der Waals surface area contributed by atoms with Crippen LogP contribution in [0.15, 0.2) is 36.4 Å². The number of nitrogens with zero attached hydrogens (tertiary/aromatic N) is 1. The van der Waals surface area contributed by atoms with Crippen LogP contribution in [0.1, 0.15) is 27.6 Å². The molecule has 0 fully saturated rings. The number of halogens is 3. The SMILES string of the molecule is CC(=O)Oc1cc(I)ccc1C(=O)Oc1ccc([N+](=O)[O-])c(C(=O)OCC(F)(F)S(=O)(=O)O)c1. The fourth-order valence-corrected chi connectivity index (χ4v) is 2.94. The van der Waals surface area contributed by atoms with Gasteiger partial charge in [0.25, 0.3) is 5.69 Å². The second kappa shape index (κ2) is 10.3. The highest BCUT2D eigenvalue weighted by Crippen LogP contribution is 2.29. The number of rotatable bonds is 8. The van der Waals surface area contributed by atoms with E-state index in [9.17, 15) is 41.7 Å². The zero-order chi connectivity index (χ0) is 25.8. The molecular weight excluding hydrogens is 603 g/mol. The van der Waals surface area contributed by atoms with Crippen LogP contribution in [0.3, 0.4) is 0 Å². The van der Waals surface area contributed by atoms with Gasteiger partial charge in [0.2, 0.25) is 0 Å². The van der Waals surface area contributed by atoms with Crippen LogP contribution in [-0.4, -0.2) is 47.7 Å². The molecule has 1 N–H and O–H groups in total. The Morgan fingerprint density at radius 3 is 2.29 bits per heavy atom. The van der Waals surface area contributed by atoms with Crippen LogP contribution in [0, 0.1) is 13.7 Å². The van der Waals surface area contributed by atoms with Crippen LogP contribution < -0.4 is 9.47 Å². The highest BCUT2D eigenvalue weighted by molar-refractivity contribution is 14.1. The van der Waals surface area contributed by atoms with E-state index in [2.05, 4.69) is 4.74 Å². The first-order chi connectivity index (χ1) is 15.6. The van der Waals surface area contributed by atoms with Gasteiger partial charge in [-0.2, -0.15) is 17.2 Å². The minimum absolute atomic E-state index is 0.154. The van der Waals surface area contributed by atoms with E-state index < -0.39 is 61.8 Å². The van der Waals surface area contributed by atoms with Gasteiger partial charge in [-0.15, -0.1) is 0 Å². The van der Waals surface area contributed by atoms with Gasteiger partial charge in [0.15, 0.2) is 6.61 Å². The third-order valence-corrected chi connectivity index (χ3v) is 5.30. The molecule has 0 atom stereocenters. The van der Waals surface area contributed by atoms with Crippen molar-refractivity contribution in [3.05, 3.63) is 61.2 Å². The number of alkyl halides is 2. The lowest BCUT2D eigenvalue weighted by Gasteiger charge is -2.13. The highest BCUT2D eigenvalue weighted by atomic mass is 127. The molecular formula is C18H12F2INO11S. The maximum atomic E-state index is 13.3. The second-order valence-corrected chi connectivity index (χ2v) is 9.04. The second-order valence-electron chi connectivity index (χ2n) is 6.25. The number of hydrogen-bond donors (Lipinski definition) is 1. The molecule has 12 nitrogen and oxygen atoms in total. The first-order valence-electron chi connectivity index (χ1n) is 8.63. The van der Waals surface area contributed by atoms with Crippen molar-refractivity contribution in [2.75, 3.05) is 6.61 Å². The third-order valence-electron chi connectivity index (χ3n) is 3.76. The van der Waals surface area contributed by atoms with Crippen molar-refractivity contribution in [1.29, 1.82) is 0 Å². The van der Waals surface area contributed by atoms with Crippen molar-refractivity contribution in [1.82, 2.24) is 0 Å². The monoisotopic (exact) mass is 615 g/mol. The molecule has 0 saturated carbocycles. The molecule has 2 aromatic carbocycles. The summed E-state index contributed by atoms with van der Waals surface area (Å²) in [7, 11) is -5.93. The highest BCUT2D eigenvalue weighted by Gasteiger charge is 2.46. The number of esters is 3. The Morgan fingerprint density at radius 2 is 1.74 bits per heavy atom. The lowest BCUT2D eigenvalue weighted by atomic mass is 10.1. The van der Waals surface area contributed by atoms with Gasteiger partial charge >= 0.3 is 33.3 Å². The standard InChI is InChI=1S/C18H12F2INO11S/c1-9(23)32-15-6-10(21)2-4-12(15)17(25)33-11-3-5-14(22(26)27)13(7-11)16(24)31-8-18(19,20)34(28,29)30/h2-7H,8H2,1H3,(H,28,29,30). The molecule has 16 heteroatoms. The number of nitro groups is 1. The summed E-state index contributed by atoms with van der Waals surface area (Å²) in [5.41, 5.74) is -2.11. The van der Waals surface area contributed by atoms with E-state index in [-0.39, 0.29) is 11.3 Å². The largest absolute Gasteiger partial charge is 0.454 e. The molecule has 0 radical (unpaired) electrons. The molecule has 0 saturated heterocycles. The van der Waals surface area contributed by atoms with Gasteiger partial charge < -0.3 is 14.2 Å². The molecule has 0 aliphatic rings. The maximum absolute atomic E-state index is 13.3. The zero-order valence-corrected chi connectivity index (χ0v) is 19.7. The number of carbonyl (C=O) groups is 3. The van der Waals surface area contributed by atoms with E-state index in [1.165, 1.54) is 18.2 Å². The molecule has 0 heterocycles. The van der Waals surface area contributed by atoms with Crippen LogP contribution >= 0.6 is 22.6 Å². The quantitative estimate of drug-likeness (QED) is 0.115. The number of ether oxygens (including phenoxy) is 3. The number of carbonyl (C=O) groups excluding carboxylic acids is 3. The van der Waals surface area contributed by atoms with Crippen molar-refractivity contribution in [2.24, 2.45) is 0 Å². The molecule has 2 aromatic rings. The van der Waals surface area contributed by atoms with Gasteiger partial charge in [-0.3, -0.25) is 19.5 Å². The first kappa shape index (κ1) is 27.0. The predicted molar refractivity (Wildman–Crippen MR) is 115 cm³/mol. The molecule has 2 rings (SSSR count). The molecule has 0 spiro atoms. The Labute approximate surface area is 202 Å². The summed E-state index contributed by atoms with van der Waals surface area (Å²) >= 11 is 1.89. The molecule has 182 valence electrons. The Morgan fingerprint density at radius 1 is 1.09 bits per heavy atom. The number of benzene rings is 2. The molecule has 0 aliphatic carbocycles. The van der Waals surface area contributed by atoms with E-state index in [4.69, 9.17) is 14.0 Å². The van der Waals surface area contributed by atoms with Crippen molar-refractivity contribution >= 4 is 56.3 Å².